The highest BCUT2D eigenvalue weighted by Gasteiger charge is 2.30. The molecular weight excluding hydrogens is 1110 g/mol. The first kappa shape index (κ1) is 82.1. The minimum atomic E-state index is -4.95. The topological polar surface area (TPSA) is 237 Å². The van der Waals surface area contributed by atoms with Crippen molar-refractivity contribution < 1.29 is 80.2 Å². The van der Waals surface area contributed by atoms with Crippen molar-refractivity contribution in [2.24, 2.45) is 23.7 Å². The molecule has 0 aromatic heterocycles. The van der Waals surface area contributed by atoms with Gasteiger partial charge in [0.05, 0.1) is 26.4 Å². The fraction of sp³-hybridized carbons (Fsp3) is 0.938. The van der Waals surface area contributed by atoms with Gasteiger partial charge >= 0.3 is 39.5 Å². The lowest BCUT2D eigenvalue weighted by Gasteiger charge is -2.21. The maximum absolute atomic E-state index is 13.0. The van der Waals surface area contributed by atoms with E-state index in [0.29, 0.717) is 25.7 Å². The molecule has 0 fully saturated rings. The molecule has 498 valence electrons. The van der Waals surface area contributed by atoms with Gasteiger partial charge in [0.1, 0.15) is 19.3 Å². The van der Waals surface area contributed by atoms with Gasteiger partial charge in [0.25, 0.3) is 0 Å². The Morgan fingerprint density at radius 3 is 0.845 bits per heavy atom. The van der Waals surface area contributed by atoms with Gasteiger partial charge in [-0.1, -0.05) is 261 Å². The van der Waals surface area contributed by atoms with Crippen molar-refractivity contribution in [2.45, 2.75) is 331 Å². The zero-order valence-corrected chi connectivity index (χ0v) is 56.3. The number of ether oxygens (including phenoxy) is 4. The van der Waals surface area contributed by atoms with Gasteiger partial charge in [0, 0.05) is 25.7 Å². The Kier molecular flexibility index (Phi) is 53.9. The summed E-state index contributed by atoms with van der Waals surface area (Å²) in [6.07, 6.45) is 34.8. The van der Waals surface area contributed by atoms with E-state index < -0.39 is 97.5 Å². The zero-order valence-electron chi connectivity index (χ0n) is 54.5. The average molecular weight is 1240 g/mol. The van der Waals surface area contributed by atoms with Crippen LogP contribution in [0.5, 0.6) is 0 Å². The van der Waals surface area contributed by atoms with Gasteiger partial charge in [-0.15, -0.1) is 0 Å². The third-order valence-corrected chi connectivity index (χ3v) is 17.8. The standard InChI is InChI=1S/C65H126O17P2/c1-9-56(6)42-34-26-18-15-16-20-31-39-47-64(69)81-60(52-76-63(68)46-38-30-23-21-27-35-43-57(7)10-2)53-79-83(71,72)77-49-59(66)50-78-84(73,74)80-54-61(82-65(70)48-40-32-24-22-28-36-44-58(8)11-3)51-75-62(67)45-37-29-19-14-12-13-17-25-33-41-55(4)5/h55-61,66H,9-54H2,1-8H3,(H,71,72)(H,73,74)/t56?,57?,58?,59-,60+,61+/m0/s1. The predicted molar refractivity (Wildman–Crippen MR) is 335 cm³/mol. The molecule has 0 heterocycles. The number of phosphoric acid groups is 2. The number of unbranched alkanes of at least 4 members (excludes halogenated alkanes) is 25. The van der Waals surface area contributed by atoms with Crippen LogP contribution in [0.3, 0.4) is 0 Å². The molecule has 0 saturated carbocycles. The monoisotopic (exact) mass is 1240 g/mol. The maximum Gasteiger partial charge on any atom is 0.472 e. The number of esters is 4. The number of aliphatic hydroxyl groups excluding tert-OH is 1. The van der Waals surface area contributed by atoms with E-state index in [1.165, 1.54) is 109 Å². The van der Waals surface area contributed by atoms with Crippen molar-refractivity contribution in [2.75, 3.05) is 39.6 Å². The molecule has 0 aliphatic rings. The van der Waals surface area contributed by atoms with Crippen LogP contribution >= 0.6 is 15.6 Å². The van der Waals surface area contributed by atoms with Crippen LogP contribution in [-0.2, 0) is 65.4 Å². The zero-order chi connectivity index (χ0) is 62.5. The van der Waals surface area contributed by atoms with Gasteiger partial charge in [0.2, 0.25) is 0 Å². The molecule has 5 unspecified atom stereocenters. The molecule has 0 amide bonds. The Balaban J connectivity index is 5.27. The van der Waals surface area contributed by atoms with E-state index in [1.807, 2.05) is 0 Å². The highest BCUT2D eigenvalue weighted by Crippen LogP contribution is 2.45. The lowest BCUT2D eigenvalue weighted by atomic mass is 9.99. The molecule has 0 saturated heterocycles. The molecule has 0 spiro atoms. The number of carbonyl (C=O) groups is 4. The third-order valence-electron chi connectivity index (χ3n) is 15.9. The Bertz CT molecular complexity index is 1680. The second-order valence-corrected chi connectivity index (χ2v) is 27.6. The van der Waals surface area contributed by atoms with Gasteiger partial charge in [-0.05, 0) is 49.4 Å². The minimum Gasteiger partial charge on any atom is -0.462 e. The van der Waals surface area contributed by atoms with E-state index in [9.17, 15) is 43.2 Å². The summed E-state index contributed by atoms with van der Waals surface area (Å²) in [5.41, 5.74) is 0. The summed E-state index contributed by atoms with van der Waals surface area (Å²) in [6, 6.07) is 0. The van der Waals surface area contributed by atoms with Crippen molar-refractivity contribution in [1.29, 1.82) is 0 Å². The Labute approximate surface area is 511 Å². The van der Waals surface area contributed by atoms with Gasteiger partial charge < -0.3 is 33.8 Å². The van der Waals surface area contributed by atoms with Crippen molar-refractivity contribution >= 4 is 39.5 Å². The molecule has 0 aromatic carbocycles. The first-order valence-electron chi connectivity index (χ1n) is 33.8. The van der Waals surface area contributed by atoms with Crippen LogP contribution in [0.15, 0.2) is 0 Å². The minimum absolute atomic E-state index is 0.102. The molecule has 19 heteroatoms. The van der Waals surface area contributed by atoms with Crippen LogP contribution in [0.1, 0.15) is 312 Å². The van der Waals surface area contributed by atoms with E-state index in [-0.39, 0.29) is 25.7 Å². The van der Waals surface area contributed by atoms with Gasteiger partial charge in [-0.3, -0.25) is 37.3 Å². The molecule has 0 radical (unpaired) electrons. The number of phosphoric ester groups is 2. The average Bonchev–Trinajstić information content (AvgIpc) is 3.53. The fourth-order valence-electron chi connectivity index (χ4n) is 9.51. The molecule has 8 atom stereocenters. The van der Waals surface area contributed by atoms with Crippen LogP contribution in [-0.4, -0.2) is 96.7 Å². The summed E-state index contributed by atoms with van der Waals surface area (Å²) in [7, 11) is -9.89. The van der Waals surface area contributed by atoms with Crippen molar-refractivity contribution in [1.82, 2.24) is 0 Å². The summed E-state index contributed by atoms with van der Waals surface area (Å²) < 4.78 is 68.0. The number of carbonyl (C=O) groups excluding carboxylic acids is 4. The van der Waals surface area contributed by atoms with Crippen LogP contribution in [0, 0.1) is 23.7 Å². The predicted octanol–water partition coefficient (Wildman–Crippen LogP) is 17.8. The van der Waals surface area contributed by atoms with E-state index in [2.05, 4.69) is 55.4 Å². The van der Waals surface area contributed by atoms with Gasteiger partial charge in [-0.2, -0.15) is 0 Å². The quantitative estimate of drug-likeness (QED) is 0.0222. The number of rotatable bonds is 62. The molecule has 3 N–H and O–H groups in total. The fourth-order valence-corrected chi connectivity index (χ4v) is 11.1. The molecule has 84 heavy (non-hydrogen) atoms. The van der Waals surface area contributed by atoms with Crippen molar-refractivity contribution in [3.05, 3.63) is 0 Å². The second-order valence-electron chi connectivity index (χ2n) is 24.7. The summed E-state index contributed by atoms with van der Waals surface area (Å²) in [4.78, 5) is 72.3. The molecule has 0 aromatic rings. The second kappa shape index (κ2) is 55.2. The third kappa shape index (κ3) is 55.4. The molecule has 0 bridgehead atoms. The Hall–Kier alpha value is -1.94. The highest BCUT2D eigenvalue weighted by molar-refractivity contribution is 7.47. The Morgan fingerprint density at radius 1 is 0.333 bits per heavy atom. The van der Waals surface area contributed by atoms with Crippen LogP contribution in [0.2, 0.25) is 0 Å². The van der Waals surface area contributed by atoms with E-state index in [4.69, 9.17) is 37.0 Å². The lowest BCUT2D eigenvalue weighted by Crippen LogP contribution is -2.30. The Morgan fingerprint density at radius 2 is 0.571 bits per heavy atom. The van der Waals surface area contributed by atoms with Crippen molar-refractivity contribution in [3.8, 4) is 0 Å². The molecule has 17 nitrogen and oxygen atoms in total. The van der Waals surface area contributed by atoms with Gasteiger partial charge in [-0.25, -0.2) is 9.13 Å². The molecule has 0 aliphatic heterocycles. The molecular formula is C65H126O17P2. The SMILES string of the molecule is CCC(C)CCCCCCCCCCC(=O)O[C@H](COC(=O)CCCCCCCCC(C)CC)COP(=O)(O)OC[C@H](O)COP(=O)(O)OC[C@@H](COC(=O)CCCCCCCCCCCC(C)C)OC(=O)CCCCCCCCC(C)CC. The van der Waals surface area contributed by atoms with Crippen molar-refractivity contribution in [3.63, 3.8) is 0 Å². The van der Waals surface area contributed by atoms with Crippen LogP contribution in [0.4, 0.5) is 0 Å². The first-order valence-corrected chi connectivity index (χ1v) is 36.8. The lowest BCUT2D eigenvalue weighted by molar-refractivity contribution is -0.161. The largest absolute Gasteiger partial charge is 0.472 e. The van der Waals surface area contributed by atoms with Crippen LogP contribution < -0.4 is 0 Å². The summed E-state index contributed by atoms with van der Waals surface area (Å²) in [5, 5.41) is 10.5. The first-order chi connectivity index (χ1) is 40.2. The van der Waals surface area contributed by atoms with Gasteiger partial charge in [0.15, 0.2) is 12.2 Å². The summed E-state index contributed by atoms with van der Waals surface area (Å²) in [6.45, 7) is 14.0. The molecule has 0 aliphatic carbocycles. The molecule has 0 rings (SSSR count). The number of aliphatic hydroxyl groups is 1. The van der Waals surface area contributed by atoms with E-state index in [1.54, 1.807) is 0 Å². The smallest absolute Gasteiger partial charge is 0.462 e. The van der Waals surface area contributed by atoms with E-state index in [0.717, 1.165) is 120 Å². The number of hydrogen-bond donors (Lipinski definition) is 3. The highest BCUT2D eigenvalue weighted by atomic mass is 31.2. The normalized spacial score (nSPS) is 15.4. The maximum atomic E-state index is 13.0. The van der Waals surface area contributed by atoms with E-state index >= 15 is 0 Å². The summed E-state index contributed by atoms with van der Waals surface area (Å²) >= 11 is 0. The summed E-state index contributed by atoms with van der Waals surface area (Å²) in [5.74, 6) is 0.823. The van der Waals surface area contributed by atoms with Crippen LogP contribution in [0.25, 0.3) is 0 Å². The number of hydrogen-bond acceptors (Lipinski definition) is 15.